The van der Waals surface area contributed by atoms with E-state index in [0.717, 1.165) is 22.7 Å². The van der Waals surface area contributed by atoms with Crippen LogP contribution >= 0.6 is 11.3 Å². The number of ether oxygens (including phenoxy) is 2. The Bertz CT molecular complexity index is 1150. The highest BCUT2D eigenvalue weighted by molar-refractivity contribution is 7.15. The fraction of sp³-hybridized carbons (Fsp3) is 0.333. The Hall–Kier alpha value is -3.41. The molecule has 174 valence electrons. The standard InChI is InChI=1S/C21H20F3N5O3S/c1-31-18-10-16(26-19(28-18)32-2)29-7-6-14-15(11-29)33-20(25-14)27-17(30)9-12-4-3-5-13(8-12)21(22,23)24/h3-5,8,10H,6-7,9,11H2,1-2H3,(H,25,27,30). The van der Waals surface area contributed by atoms with E-state index in [9.17, 15) is 18.0 Å². The maximum absolute atomic E-state index is 12.9. The van der Waals surface area contributed by atoms with Crippen molar-refractivity contribution in [3.8, 4) is 11.9 Å². The fourth-order valence-electron chi connectivity index (χ4n) is 3.40. The Morgan fingerprint density at radius 3 is 2.73 bits per heavy atom. The van der Waals surface area contributed by atoms with Crippen molar-refractivity contribution in [2.75, 3.05) is 31.0 Å². The number of amides is 1. The van der Waals surface area contributed by atoms with Crippen LogP contribution < -0.4 is 19.7 Å². The summed E-state index contributed by atoms with van der Waals surface area (Å²) in [6.45, 7) is 1.18. The summed E-state index contributed by atoms with van der Waals surface area (Å²) in [7, 11) is 2.99. The molecular formula is C21H20F3N5O3S. The molecule has 0 saturated carbocycles. The zero-order valence-corrected chi connectivity index (χ0v) is 18.6. The second-order valence-corrected chi connectivity index (χ2v) is 8.32. The molecule has 1 aliphatic heterocycles. The van der Waals surface area contributed by atoms with Gasteiger partial charge in [-0.05, 0) is 11.6 Å². The van der Waals surface area contributed by atoms with Crippen molar-refractivity contribution in [1.82, 2.24) is 15.0 Å². The molecule has 8 nitrogen and oxygen atoms in total. The third-order valence-electron chi connectivity index (χ3n) is 4.98. The van der Waals surface area contributed by atoms with Crippen LogP contribution in [0, 0.1) is 0 Å². The van der Waals surface area contributed by atoms with Crippen LogP contribution in [0.15, 0.2) is 30.3 Å². The molecule has 0 radical (unpaired) electrons. The van der Waals surface area contributed by atoms with Gasteiger partial charge in [-0.3, -0.25) is 4.79 Å². The number of thiazole rings is 1. The maximum atomic E-state index is 12.9. The zero-order valence-electron chi connectivity index (χ0n) is 17.8. The van der Waals surface area contributed by atoms with Gasteiger partial charge >= 0.3 is 12.2 Å². The number of aromatic nitrogens is 3. The number of fused-ring (bicyclic) bond motifs is 1. The van der Waals surface area contributed by atoms with Gasteiger partial charge in [-0.2, -0.15) is 23.1 Å². The minimum absolute atomic E-state index is 0.180. The summed E-state index contributed by atoms with van der Waals surface area (Å²) in [5, 5.41) is 3.11. The van der Waals surface area contributed by atoms with Gasteiger partial charge in [0, 0.05) is 23.9 Å². The number of methoxy groups -OCH3 is 2. The molecule has 0 bridgehead atoms. The first-order valence-electron chi connectivity index (χ1n) is 9.91. The number of anilines is 2. The van der Waals surface area contributed by atoms with Crippen molar-refractivity contribution in [3.05, 3.63) is 52.0 Å². The normalized spacial score (nSPS) is 13.4. The number of carbonyl (C=O) groups excluding carboxylic acids is 1. The quantitative estimate of drug-likeness (QED) is 0.577. The third-order valence-corrected chi connectivity index (χ3v) is 5.98. The first kappa shape index (κ1) is 22.8. The van der Waals surface area contributed by atoms with E-state index in [0.29, 0.717) is 36.3 Å². The minimum atomic E-state index is -4.45. The molecule has 0 aliphatic carbocycles. The van der Waals surface area contributed by atoms with Gasteiger partial charge in [0.05, 0.1) is 38.4 Å². The minimum Gasteiger partial charge on any atom is -0.481 e. The molecule has 0 unspecified atom stereocenters. The van der Waals surface area contributed by atoms with Gasteiger partial charge in [0.1, 0.15) is 5.82 Å². The number of nitrogens with zero attached hydrogens (tertiary/aromatic N) is 4. The Kier molecular flexibility index (Phi) is 6.36. The van der Waals surface area contributed by atoms with Gasteiger partial charge < -0.3 is 19.7 Å². The molecular weight excluding hydrogens is 459 g/mol. The van der Waals surface area contributed by atoms with Gasteiger partial charge in [-0.25, -0.2) is 4.98 Å². The van der Waals surface area contributed by atoms with Crippen molar-refractivity contribution in [1.29, 1.82) is 0 Å². The Labute approximate surface area is 191 Å². The third kappa shape index (κ3) is 5.33. The summed E-state index contributed by atoms with van der Waals surface area (Å²) in [6, 6.07) is 6.65. The summed E-state index contributed by atoms with van der Waals surface area (Å²) < 4.78 is 49.0. The molecule has 0 atom stereocenters. The second-order valence-electron chi connectivity index (χ2n) is 7.24. The van der Waals surface area contributed by atoms with Crippen LogP contribution in [0.4, 0.5) is 24.1 Å². The lowest BCUT2D eigenvalue weighted by molar-refractivity contribution is -0.137. The Balaban J connectivity index is 1.44. The van der Waals surface area contributed by atoms with Crippen LogP contribution in [0.25, 0.3) is 0 Å². The highest BCUT2D eigenvalue weighted by Crippen LogP contribution is 2.32. The van der Waals surface area contributed by atoms with Gasteiger partial charge in [-0.15, -0.1) is 0 Å². The molecule has 3 aromatic rings. The molecule has 3 heterocycles. The monoisotopic (exact) mass is 479 g/mol. The molecule has 12 heteroatoms. The summed E-state index contributed by atoms with van der Waals surface area (Å²) in [5.74, 6) is 0.602. The van der Waals surface area contributed by atoms with Crippen LogP contribution in [0.3, 0.4) is 0 Å². The number of rotatable bonds is 6. The number of alkyl halides is 3. The van der Waals surface area contributed by atoms with E-state index >= 15 is 0 Å². The lowest BCUT2D eigenvalue weighted by Gasteiger charge is -2.27. The highest BCUT2D eigenvalue weighted by atomic mass is 32.1. The van der Waals surface area contributed by atoms with E-state index in [1.807, 2.05) is 4.90 Å². The smallest absolute Gasteiger partial charge is 0.416 e. The first-order chi connectivity index (χ1) is 15.7. The van der Waals surface area contributed by atoms with E-state index in [1.165, 1.54) is 37.7 Å². The van der Waals surface area contributed by atoms with Crippen LogP contribution in [0.2, 0.25) is 0 Å². The van der Waals surface area contributed by atoms with Crippen LogP contribution in [0.1, 0.15) is 21.7 Å². The average Bonchev–Trinajstić information content (AvgIpc) is 3.19. The van der Waals surface area contributed by atoms with Gasteiger partial charge in [0.15, 0.2) is 5.13 Å². The van der Waals surface area contributed by atoms with Gasteiger partial charge in [0.25, 0.3) is 0 Å². The number of nitrogens with one attached hydrogen (secondary N) is 1. The lowest BCUT2D eigenvalue weighted by atomic mass is 10.1. The molecule has 1 aliphatic rings. The van der Waals surface area contributed by atoms with E-state index in [1.54, 1.807) is 6.07 Å². The number of hydrogen-bond acceptors (Lipinski definition) is 8. The fourth-order valence-corrected chi connectivity index (χ4v) is 4.44. The largest absolute Gasteiger partial charge is 0.481 e. The van der Waals surface area contributed by atoms with Crippen LogP contribution in [-0.2, 0) is 30.4 Å². The van der Waals surface area contributed by atoms with Crippen molar-refractivity contribution in [2.45, 2.75) is 25.6 Å². The van der Waals surface area contributed by atoms with Crippen molar-refractivity contribution in [3.63, 3.8) is 0 Å². The molecule has 1 N–H and O–H groups in total. The van der Waals surface area contributed by atoms with Crippen LogP contribution in [-0.4, -0.2) is 41.6 Å². The maximum Gasteiger partial charge on any atom is 0.416 e. The average molecular weight is 479 g/mol. The van der Waals surface area contributed by atoms with E-state index < -0.39 is 17.6 Å². The number of hydrogen-bond donors (Lipinski definition) is 1. The highest BCUT2D eigenvalue weighted by Gasteiger charge is 2.30. The number of carbonyl (C=O) groups is 1. The predicted molar refractivity (Wildman–Crippen MR) is 116 cm³/mol. The second kappa shape index (κ2) is 9.22. The molecule has 33 heavy (non-hydrogen) atoms. The molecule has 0 saturated heterocycles. The SMILES string of the molecule is COc1cc(N2CCc3nc(NC(=O)Cc4cccc(C(F)(F)F)c4)sc3C2)nc(OC)n1. The summed E-state index contributed by atoms with van der Waals surface area (Å²) >= 11 is 1.33. The summed E-state index contributed by atoms with van der Waals surface area (Å²) in [4.78, 5) is 28.3. The molecule has 0 spiro atoms. The van der Waals surface area contributed by atoms with Crippen molar-refractivity contribution < 1.29 is 27.4 Å². The van der Waals surface area contributed by atoms with E-state index in [2.05, 4.69) is 20.3 Å². The molecule has 4 rings (SSSR count). The summed E-state index contributed by atoms with van der Waals surface area (Å²) in [5.41, 5.74) is 0.371. The van der Waals surface area contributed by atoms with Crippen molar-refractivity contribution in [2.24, 2.45) is 0 Å². The number of halogens is 3. The Morgan fingerprint density at radius 1 is 1.18 bits per heavy atom. The van der Waals surface area contributed by atoms with Crippen molar-refractivity contribution >= 4 is 28.2 Å². The van der Waals surface area contributed by atoms with Crippen LogP contribution in [0.5, 0.6) is 11.9 Å². The Morgan fingerprint density at radius 2 is 2.00 bits per heavy atom. The topological polar surface area (TPSA) is 89.5 Å². The zero-order chi connectivity index (χ0) is 23.6. The molecule has 1 aromatic carbocycles. The molecule has 1 amide bonds. The summed E-state index contributed by atoms with van der Waals surface area (Å²) in [6.07, 6.45) is -3.99. The van der Waals surface area contributed by atoms with Gasteiger partial charge in [-0.1, -0.05) is 29.5 Å². The van der Waals surface area contributed by atoms with Gasteiger partial charge in [0.2, 0.25) is 11.8 Å². The first-order valence-corrected chi connectivity index (χ1v) is 10.7. The lowest BCUT2D eigenvalue weighted by Crippen LogP contribution is -2.30. The molecule has 2 aromatic heterocycles. The van der Waals surface area contributed by atoms with E-state index in [-0.39, 0.29) is 18.0 Å². The molecule has 0 fully saturated rings. The van der Waals surface area contributed by atoms with E-state index in [4.69, 9.17) is 9.47 Å². The number of benzene rings is 1. The predicted octanol–water partition coefficient (Wildman–Crippen LogP) is 3.71.